The molecule has 0 saturated carbocycles. The number of nitrogens with zero attached hydrogens (tertiary/aromatic N) is 3. The molecule has 1 aromatic carbocycles. The average Bonchev–Trinajstić information content (AvgIpc) is 3.37. The van der Waals surface area contributed by atoms with Crippen LogP contribution in [0.2, 0.25) is 0 Å². The van der Waals surface area contributed by atoms with Crippen molar-refractivity contribution in [3.63, 3.8) is 0 Å². The summed E-state index contributed by atoms with van der Waals surface area (Å²) in [5, 5.41) is 34.7. The highest BCUT2D eigenvalue weighted by atomic mass is 32.2. The molecule has 0 radical (unpaired) electrons. The standard InChI is InChI=1S/C23H26N6O7S2/c1-23(2,3)36-22(35)26-15(11-4-6-13(30)7-5-11)18(31)25-16-19(32)29-17(21(33)34)12(10-38-20(16)29)9-37-14-8-24-28-27-14/h4-8,15-16,20,30H,9-10H2,1-3H3,(H,25,31)(H,26,35)(H,33,34)(H,24,27,28)/t15?,16-,20+/m1/s1. The number of benzene rings is 1. The molecule has 0 spiro atoms. The number of fused-ring (bicyclic) bond motifs is 1. The second-order valence-electron chi connectivity index (χ2n) is 9.42. The van der Waals surface area contributed by atoms with Gasteiger partial charge in [-0.3, -0.25) is 14.5 Å². The lowest BCUT2D eigenvalue weighted by Gasteiger charge is -2.49. The Bertz CT molecular complexity index is 1260. The number of carboxylic acid groups (broad SMARTS) is 1. The summed E-state index contributed by atoms with van der Waals surface area (Å²) in [5.41, 5.74) is -0.0167. The summed E-state index contributed by atoms with van der Waals surface area (Å²) in [5.74, 6) is -1.88. The number of carboxylic acids is 1. The number of β-lactam (4-membered cyclic amide) rings is 1. The predicted molar refractivity (Wildman–Crippen MR) is 137 cm³/mol. The highest BCUT2D eigenvalue weighted by Crippen LogP contribution is 2.41. The Labute approximate surface area is 225 Å². The summed E-state index contributed by atoms with van der Waals surface area (Å²) in [7, 11) is 0. The number of rotatable bonds is 8. The zero-order valence-corrected chi connectivity index (χ0v) is 22.3. The SMILES string of the molecule is CC(C)(C)OC(=O)NC(C(=O)N[C@@H]1C(=O)N2C(C(=O)O)=C(CSc3cn[nH]n3)CS[C@@H]12)c1ccc(O)cc1. The lowest BCUT2D eigenvalue weighted by Crippen LogP contribution is -2.71. The van der Waals surface area contributed by atoms with Gasteiger partial charge in [0.1, 0.15) is 39.5 Å². The lowest BCUT2D eigenvalue weighted by atomic mass is 10.0. The van der Waals surface area contributed by atoms with Crippen LogP contribution in [0.4, 0.5) is 4.79 Å². The van der Waals surface area contributed by atoms with E-state index in [1.165, 1.54) is 58.9 Å². The number of aliphatic carboxylic acids is 1. The number of thioether (sulfide) groups is 2. The van der Waals surface area contributed by atoms with Crippen molar-refractivity contribution in [3.8, 4) is 5.75 Å². The molecule has 1 unspecified atom stereocenters. The van der Waals surface area contributed by atoms with Crippen molar-refractivity contribution in [1.82, 2.24) is 30.9 Å². The molecule has 38 heavy (non-hydrogen) atoms. The number of phenolic OH excluding ortho intramolecular Hbond substituents is 1. The number of hydrogen-bond donors (Lipinski definition) is 5. The maximum Gasteiger partial charge on any atom is 0.408 e. The van der Waals surface area contributed by atoms with Crippen molar-refractivity contribution in [1.29, 1.82) is 0 Å². The maximum absolute atomic E-state index is 13.3. The number of hydrogen-bond acceptors (Lipinski definition) is 10. The van der Waals surface area contributed by atoms with Crippen LogP contribution in [0.1, 0.15) is 32.4 Å². The first-order valence-electron chi connectivity index (χ1n) is 11.4. The van der Waals surface area contributed by atoms with Crippen molar-refractivity contribution < 1.29 is 34.1 Å². The summed E-state index contributed by atoms with van der Waals surface area (Å²) in [6.07, 6.45) is 0.672. The van der Waals surface area contributed by atoms with E-state index in [0.29, 0.717) is 27.7 Å². The minimum atomic E-state index is -1.24. The molecule has 3 atom stereocenters. The summed E-state index contributed by atoms with van der Waals surface area (Å²) in [6.45, 7) is 5.03. The van der Waals surface area contributed by atoms with E-state index in [-0.39, 0.29) is 11.4 Å². The number of ether oxygens (including phenoxy) is 1. The summed E-state index contributed by atoms with van der Waals surface area (Å²) >= 11 is 2.62. The lowest BCUT2D eigenvalue weighted by molar-refractivity contribution is -0.151. The number of phenols is 1. The van der Waals surface area contributed by atoms with Gasteiger partial charge >= 0.3 is 12.1 Å². The van der Waals surface area contributed by atoms with Gasteiger partial charge in [-0.15, -0.1) is 16.9 Å². The fourth-order valence-electron chi connectivity index (χ4n) is 3.85. The Hall–Kier alpha value is -3.72. The van der Waals surface area contributed by atoms with E-state index in [4.69, 9.17) is 4.74 Å². The molecule has 0 aliphatic carbocycles. The third kappa shape index (κ3) is 6.05. The van der Waals surface area contributed by atoms with Gasteiger partial charge in [0.15, 0.2) is 0 Å². The molecule has 1 aromatic heterocycles. The zero-order chi connectivity index (χ0) is 27.6. The van der Waals surface area contributed by atoms with E-state index in [2.05, 4.69) is 26.0 Å². The van der Waals surface area contributed by atoms with Gasteiger partial charge in [-0.1, -0.05) is 23.9 Å². The van der Waals surface area contributed by atoms with Crippen LogP contribution in [0.25, 0.3) is 0 Å². The number of aromatic hydroxyl groups is 1. The first kappa shape index (κ1) is 27.3. The molecule has 0 bridgehead atoms. The topological polar surface area (TPSA) is 187 Å². The van der Waals surface area contributed by atoms with Crippen molar-refractivity contribution >= 4 is 47.4 Å². The second kappa shape index (κ2) is 10.9. The molecule has 202 valence electrons. The molecular weight excluding hydrogens is 536 g/mol. The molecule has 4 rings (SSSR count). The van der Waals surface area contributed by atoms with Crippen molar-refractivity contribution in [3.05, 3.63) is 47.3 Å². The molecule has 15 heteroatoms. The molecule has 1 fully saturated rings. The van der Waals surface area contributed by atoms with E-state index < -0.39 is 46.9 Å². The number of alkyl carbamates (subject to hydrolysis) is 1. The summed E-state index contributed by atoms with van der Waals surface area (Å²) < 4.78 is 5.28. The molecule has 1 saturated heterocycles. The van der Waals surface area contributed by atoms with Crippen molar-refractivity contribution in [2.45, 2.75) is 48.9 Å². The first-order chi connectivity index (χ1) is 17.9. The number of H-pyrrole nitrogens is 1. The van der Waals surface area contributed by atoms with Crippen LogP contribution < -0.4 is 10.6 Å². The van der Waals surface area contributed by atoms with E-state index in [0.717, 1.165) is 0 Å². The molecule has 5 N–H and O–H groups in total. The average molecular weight is 563 g/mol. The van der Waals surface area contributed by atoms with Crippen LogP contribution >= 0.6 is 23.5 Å². The minimum Gasteiger partial charge on any atom is -0.508 e. The summed E-state index contributed by atoms with van der Waals surface area (Å²) in [4.78, 5) is 52.1. The molecule has 3 heterocycles. The highest BCUT2D eigenvalue weighted by Gasteiger charge is 2.54. The number of amides is 3. The maximum atomic E-state index is 13.3. The molecule has 2 aromatic rings. The minimum absolute atomic E-state index is 0.0286. The Morgan fingerprint density at radius 1 is 1.29 bits per heavy atom. The number of nitrogens with one attached hydrogen (secondary N) is 3. The smallest absolute Gasteiger partial charge is 0.408 e. The summed E-state index contributed by atoms with van der Waals surface area (Å²) in [6, 6.07) is 3.43. The fraction of sp³-hybridized carbons (Fsp3) is 0.391. The van der Waals surface area contributed by atoms with Gasteiger partial charge < -0.3 is 25.6 Å². The molecule has 3 amide bonds. The van der Waals surface area contributed by atoms with Crippen LogP contribution in [-0.4, -0.2) is 82.9 Å². The van der Waals surface area contributed by atoms with Crippen LogP contribution in [0.3, 0.4) is 0 Å². The van der Waals surface area contributed by atoms with Gasteiger partial charge in [-0.05, 0) is 44.0 Å². The number of aromatic amines is 1. The molecule has 2 aliphatic heterocycles. The van der Waals surface area contributed by atoms with Gasteiger partial charge in [0.05, 0.1) is 6.20 Å². The Morgan fingerprint density at radius 3 is 2.61 bits per heavy atom. The zero-order valence-electron chi connectivity index (χ0n) is 20.6. The van der Waals surface area contributed by atoms with Gasteiger partial charge in [-0.25, -0.2) is 9.59 Å². The van der Waals surface area contributed by atoms with Crippen molar-refractivity contribution in [2.75, 3.05) is 11.5 Å². The molecular formula is C23H26N6O7S2. The van der Waals surface area contributed by atoms with Crippen molar-refractivity contribution in [2.24, 2.45) is 0 Å². The predicted octanol–water partition coefficient (Wildman–Crippen LogP) is 1.61. The van der Waals surface area contributed by atoms with Crippen LogP contribution in [0.5, 0.6) is 5.75 Å². The van der Waals surface area contributed by atoms with Gasteiger partial charge in [0.25, 0.3) is 5.91 Å². The van der Waals surface area contributed by atoms with E-state index in [1.54, 1.807) is 20.8 Å². The highest BCUT2D eigenvalue weighted by molar-refractivity contribution is 8.01. The quantitative estimate of drug-likeness (QED) is 0.232. The van der Waals surface area contributed by atoms with Crippen LogP contribution in [-0.2, 0) is 19.1 Å². The molecule has 13 nitrogen and oxygen atoms in total. The van der Waals surface area contributed by atoms with E-state index in [9.17, 15) is 29.4 Å². The largest absolute Gasteiger partial charge is 0.508 e. The Kier molecular flexibility index (Phi) is 7.87. The normalized spacial score (nSPS) is 19.8. The number of carbonyl (C=O) groups excluding carboxylic acids is 3. The van der Waals surface area contributed by atoms with Crippen LogP contribution in [0, 0.1) is 0 Å². The monoisotopic (exact) mass is 562 g/mol. The second-order valence-corrected chi connectivity index (χ2v) is 11.5. The van der Waals surface area contributed by atoms with E-state index in [1.807, 2.05) is 0 Å². The third-order valence-electron chi connectivity index (χ3n) is 5.48. The molecule has 2 aliphatic rings. The first-order valence-corrected chi connectivity index (χ1v) is 13.5. The Balaban J connectivity index is 1.49. The number of carbonyl (C=O) groups is 4. The fourth-order valence-corrected chi connectivity index (χ4v) is 6.11. The van der Waals surface area contributed by atoms with Crippen LogP contribution in [0.15, 0.2) is 46.8 Å². The van der Waals surface area contributed by atoms with Gasteiger partial charge in [0, 0.05) is 11.5 Å². The Morgan fingerprint density at radius 2 is 2.00 bits per heavy atom. The van der Waals surface area contributed by atoms with Gasteiger partial charge in [-0.2, -0.15) is 10.3 Å². The van der Waals surface area contributed by atoms with E-state index >= 15 is 0 Å². The van der Waals surface area contributed by atoms with Gasteiger partial charge in [0.2, 0.25) is 5.91 Å². The third-order valence-corrected chi connectivity index (χ3v) is 7.81. The number of aromatic nitrogens is 3.